The minimum absolute atomic E-state index is 0. The first-order valence-corrected chi connectivity index (χ1v) is 14.7. The Morgan fingerprint density at radius 2 is 1.21 bits per heavy atom. The minimum Gasteiger partial charge on any atom is -0.507 e. The van der Waals surface area contributed by atoms with Gasteiger partial charge in [-0.25, -0.2) is 4.79 Å². The third kappa shape index (κ3) is 13.2. The van der Waals surface area contributed by atoms with Gasteiger partial charge in [0, 0.05) is 46.5 Å². The van der Waals surface area contributed by atoms with Crippen LogP contribution in [0, 0.1) is 0 Å². The van der Waals surface area contributed by atoms with Gasteiger partial charge in [-0.15, -0.1) is 0 Å². The average molecular weight is 635 g/mol. The molecule has 0 saturated carbocycles. The molecule has 8 heteroatoms. The summed E-state index contributed by atoms with van der Waals surface area (Å²) in [4.78, 5) is 18.1. The van der Waals surface area contributed by atoms with E-state index in [1.807, 2.05) is 19.9 Å². The van der Waals surface area contributed by atoms with Crippen molar-refractivity contribution in [3.05, 3.63) is 57.6 Å². The summed E-state index contributed by atoms with van der Waals surface area (Å²) in [5.74, 6) is 0.618. The summed E-state index contributed by atoms with van der Waals surface area (Å²) in [7, 11) is 0. The van der Waals surface area contributed by atoms with E-state index >= 15 is 0 Å². The number of nitrogens with zero attached hydrogens (tertiary/aromatic N) is 2. The Balaban J connectivity index is 0.00000331. The van der Waals surface area contributed by atoms with Crippen LogP contribution in [0.5, 0.6) is 11.5 Å². The predicted molar refractivity (Wildman–Crippen MR) is 176 cm³/mol. The van der Waals surface area contributed by atoms with E-state index in [-0.39, 0.29) is 33.6 Å². The molecule has 0 aliphatic rings. The fourth-order valence-corrected chi connectivity index (χ4v) is 4.22. The fourth-order valence-electron chi connectivity index (χ4n) is 4.22. The monoisotopic (exact) mass is 634 g/mol. The molecule has 2 rings (SSSR count). The van der Waals surface area contributed by atoms with Gasteiger partial charge in [-0.3, -0.25) is 9.98 Å². The number of aliphatic imine (C=N–C) groups is 2. The van der Waals surface area contributed by atoms with Gasteiger partial charge in [0.25, 0.3) is 0 Å². The molecule has 43 heavy (non-hydrogen) atoms. The Hall–Kier alpha value is -2.82. The van der Waals surface area contributed by atoms with Crippen molar-refractivity contribution in [3.63, 3.8) is 0 Å². The molecule has 0 unspecified atom stereocenters. The molecule has 0 spiro atoms. The van der Waals surface area contributed by atoms with Crippen LogP contribution < -0.4 is 0 Å². The van der Waals surface area contributed by atoms with Crippen LogP contribution in [0.1, 0.15) is 129 Å². The summed E-state index contributed by atoms with van der Waals surface area (Å²) in [6.07, 6.45) is 4.72. The number of benzene rings is 2. The molecule has 0 atom stereocenters. The molecule has 240 valence electrons. The van der Waals surface area contributed by atoms with Crippen LogP contribution in [0.3, 0.4) is 0 Å². The Morgan fingerprint density at radius 3 is 1.65 bits per heavy atom. The maximum Gasteiger partial charge on any atom is 0.503 e. The molecule has 0 radical (unpaired) electrons. The van der Waals surface area contributed by atoms with Crippen LogP contribution in [0.2, 0.25) is 0 Å². The third-order valence-electron chi connectivity index (χ3n) is 6.96. The quantitative estimate of drug-likeness (QED) is 0.216. The zero-order chi connectivity index (χ0) is 32.7. The van der Waals surface area contributed by atoms with Gasteiger partial charge in [0.1, 0.15) is 11.5 Å². The summed E-state index contributed by atoms with van der Waals surface area (Å²) in [5.41, 5.74) is 5.05. The van der Waals surface area contributed by atoms with Gasteiger partial charge in [-0.2, -0.15) is 0 Å². The van der Waals surface area contributed by atoms with Gasteiger partial charge >= 0.3 is 6.16 Å². The average Bonchev–Trinajstić information content (AvgIpc) is 2.81. The summed E-state index contributed by atoms with van der Waals surface area (Å²) in [6.45, 7) is 26.2. The fraction of sp³-hybridized carbons (Fsp3) is 0.571. The van der Waals surface area contributed by atoms with Crippen LogP contribution in [-0.4, -0.2) is 51.1 Å². The predicted octanol–water partition coefficient (Wildman–Crippen LogP) is 8.87. The molecular weight excluding hydrogens is 580 g/mol. The number of carboxylic acid groups (broad SMARTS) is 2. The number of hydrogen-bond donors (Lipinski definition) is 4. The second kappa shape index (κ2) is 15.8. The number of hydrogen-bond acceptors (Lipinski definition) is 5. The van der Waals surface area contributed by atoms with E-state index in [9.17, 15) is 10.2 Å². The zero-order valence-electron chi connectivity index (χ0n) is 28.3. The van der Waals surface area contributed by atoms with Crippen molar-refractivity contribution in [1.29, 1.82) is 0 Å². The SMILES string of the molecule is CCCCc1cc(C(C)(C)C)cc(C=NC(C)(C)CN=Cc2cc(C(C)(C)C)cc(C(C)(C)C)c2O)c1O.O=C(O)O.[Cr]. The summed E-state index contributed by atoms with van der Waals surface area (Å²) >= 11 is 0. The minimum atomic E-state index is -1.83. The third-order valence-corrected chi connectivity index (χ3v) is 6.96. The maximum absolute atomic E-state index is 11.1. The smallest absolute Gasteiger partial charge is 0.503 e. The molecule has 2 aromatic carbocycles. The number of carbonyl (C=O) groups is 1. The van der Waals surface area contributed by atoms with E-state index in [2.05, 4.69) is 87.4 Å². The first-order chi connectivity index (χ1) is 19.0. The molecule has 0 aromatic heterocycles. The van der Waals surface area contributed by atoms with Crippen molar-refractivity contribution in [2.45, 2.75) is 124 Å². The van der Waals surface area contributed by atoms with Gasteiger partial charge in [0.2, 0.25) is 0 Å². The number of phenols is 2. The van der Waals surface area contributed by atoms with Crippen molar-refractivity contribution < 1.29 is 42.6 Å². The van der Waals surface area contributed by atoms with Crippen molar-refractivity contribution in [2.24, 2.45) is 9.98 Å². The summed E-state index contributed by atoms with van der Waals surface area (Å²) in [5, 5.41) is 36.0. The Bertz CT molecular complexity index is 1270. The summed E-state index contributed by atoms with van der Waals surface area (Å²) in [6, 6.07) is 8.35. The Morgan fingerprint density at radius 1 is 0.744 bits per heavy atom. The largest absolute Gasteiger partial charge is 0.507 e. The Labute approximate surface area is 270 Å². The zero-order valence-corrected chi connectivity index (χ0v) is 29.6. The van der Waals surface area contributed by atoms with Crippen molar-refractivity contribution in [2.75, 3.05) is 6.54 Å². The van der Waals surface area contributed by atoms with E-state index in [1.165, 1.54) is 11.1 Å². The molecule has 0 bridgehead atoms. The van der Waals surface area contributed by atoms with E-state index in [1.54, 1.807) is 12.4 Å². The molecule has 7 nitrogen and oxygen atoms in total. The first kappa shape index (κ1) is 40.2. The van der Waals surface area contributed by atoms with Gasteiger partial charge in [-0.1, -0.05) is 87.8 Å². The molecule has 0 aliphatic carbocycles. The number of phenolic OH excluding ortho intramolecular Hbond substituents is 2. The number of aromatic hydroxyl groups is 2. The maximum atomic E-state index is 11.1. The normalized spacial score (nSPS) is 12.7. The molecule has 0 aliphatic heterocycles. The first-order valence-electron chi connectivity index (χ1n) is 14.7. The standard InChI is InChI=1S/C34H52N2O2.CH2O3.Cr/c1-13-14-15-23-16-26(31(2,3)4)18-25(29(23)37)21-36-34(11,12)22-35-20-24-17-27(32(5,6)7)19-28(30(24)38)33(8,9)10;2-1(3)4;/h16-21,37-38H,13-15,22H2,1-12H3;(H2,2,3,4);. The molecule has 0 saturated heterocycles. The van der Waals surface area contributed by atoms with Crippen molar-refractivity contribution in [1.82, 2.24) is 0 Å². The topological polar surface area (TPSA) is 123 Å². The van der Waals surface area contributed by atoms with Gasteiger partial charge in [0.05, 0.1) is 12.1 Å². The molecule has 2 aromatic rings. The molecule has 0 fully saturated rings. The molecule has 4 N–H and O–H groups in total. The van der Waals surface area contributed by atoms with Gasteiger partial charge in [-0.05, 0) is 71.8 Å². The second-order valence-electron chi connectivity index (χ2n) is 14.7. The Kier molecular flexibility index (Phi) is 14.7. The van der Waals surface area contributed by atoms with E-state index in [0.29, 0.717) is 18.0 Å². The van der Waals surface area contributed by atoms with Crippen molar-refractivity contribution in [3.8, 4) is 11.5 Å². The van der Waals surface area contributed by atoms with Gasteiger partial charge in [0.15, 0.2) is 0 Å². The van der Waals surface area contributed by atoms with E-state index in [0.717, 1.165) is 41.5 Å². The van der Waals surface area contributed by atoms with Crippen LogP contribution in [0.15, 0.2) is 34.3 Å². The van der Waals surface area contributed by atoms with Crippen LogP contribution in [0.25, 0.3) is 0 Å². The van der Waals surface area contributed by atoms with Crippen LogP contribution >= 0.6 is 0 Å². The number of unbranched alkanes of at least 4 members (excludes halogenated alkanes) is 1. The van der Waals surface area contributed by atoms with Crippen molar-refractivity contribution >= 4 is 18.6 Å². The molecule has 0 heterocycles. The number of aryl methyl sites for hydroxylation is 1. The number of rotatable bonds is 8. The van der Waals surface area contributed by atoms with Crippen LogP contribution in [-0.2, 0) is 40.0 Å². The van der Waals surface area contributed by atoms with E-state index in [4.69, 9.17) is 25.0 Å². The second-order valence-corrected chi connectivity index (χ2v) is 14.7. The van der Waals surface area contributed by atoms with E-state index < -0.39 is 11.7 Å². The van der Waals surface area contributed by atoms with Crippen LogP contribution in [0.4, 0.5) is 4.79 Å². The summed E-state index contributed by atoms with van der Waals surface area (Å²) < 4.78 is 0. The van der Waals surface area contributed by atoms with Gasteiger partial charge < -0.3 is 20.4 Å². The molecule has 0 amide bonds. The molecular formula is C35H54CrN2O5.